The Morgan fingerprint density at radius 2 is 1.63 bits per heavy atom. The number of ether oxygens (including phenoxy) is 2. The average molecular weight is 753 g/mol. The summed E-state index contributed by atoms with van der Waals surface area (Å²) in [4.78, 5) is 65.2. The van der Waals surface area contributed by atoms with Crippen LogP contribution in [0.3, 0.4) is 0 Å². The second-order valence-electron chi connectivity index (χ2n) is 16.0. The van der Waals surface area contributed by atoms with Crippen LogP contribution in [0.2, 0.25) is 0 Å². The number of likely N-dealkylation sites (tertiary alicyclic amines) is 1. The predicted molar refractivity (Wildman–Crippen MR) is 214 cm³/mol. The SMILES string of the molecule is CC[C@H](C)C([C@@H](CC(=O)N1CCC[C@H]1[C@H](OC)[C@@H](C)C(=O)NCCc1nccc2ccccc12)OC)N(C)C(=O)[C@@H](NC(=O)[C@H](C(C)C)N(C)C)C(C)C. The number of carbonyl (C=O) groups excluding carboxylic acids is 4. The molecule has 1 aromatic carbocycles. The molecule has 0 aliphatic carbocycles. The van der Waals surface area contributed by atoms with Gasteiger partial charge in [-0.15, -0.1) is 0 Å². The summed E-state index contributed by atoms with van der Waals surface area (Å²) in [6, 6.07) is 8.22. The van der Waals surface area contributed by atoms with Crippen LogP contribution in [0.5, 0.6) is 0 Å². The van der Waals surface area contributed by atoms with Crippen LogP contribution in [0.4, 0.5) is 0 Å². The molecule has 54 heavy (non-hydrogen) atoms. The molecule has 2 aromatic rings. The minimum Gasteiger partial charge on any atom is -0.379 e. The molecule has 302 valence electrons. The fourth-order valence-electron chi connectivity index (χ4n) is 8.26. The van der Waals surface area contributed by atoms with Crippen LogP contribution in [-0.4, -0.2) is 128 Å². The van der Waals surface area contributed by atoms with Gasteiger partial charge in [0, 0.05) is 58.1 Å². The van der Waals surface area contributed by atoms with Crippen molar-refractivity contribution in [3.63, 3.8) is 0 Å². The highest BCUT2D eigenvalue weighted by Crippen LogP contribution is 2.30. The number of hydrogen-bond acceptors (Lipinski definition) is 8. The van der Waals surface area contributed by atoms with E-state index in [0.717, 1.165) is 29.3 Å². The van der Waals surface area contributed by atoms with Gasteiger partial charge in [-0.25, -0.2) is 0 Å². The molecule has 2 N–H and O–H groups in total. The van der Waals surface area contributed by atoms with Gasteiger partial charge in [0.2, 0.25) is 23.6 Å². The van der Waals surface area contributed by atoms with Crippen LogP contribution in [0.25, 0.3) is 10.8 Å². The maximum absolute atomic E-state index is 14.2. The first-order valence-electron chi connectivity index (χ1n) is 19.8. The van der Waals surface area contributed by atoms with Crippen molar-refractivity contribution < 1.29 is 28.7 Å². The first-order chi connectivity index (χ1) is 25.6. The highest BCUT2D eigenvalue weighted by Gasteiger charge is 2.43. The topological polar surface area (TPSA) is 133 Å². The van der Waals surface area contributed by atoms with Crippen molar-refractivity contribution in [2.24, 2.45) is 23.7 Å². The molecule has 1 unspecified atom stereocenters. The summed E-state index contributed by atoms with van der Waals surface area (Å²) >= 11 is 0. The van der Waals surface area contributed by atoms with Crippen LogP contribution in [0.15, 0.2) is 36.5 Å². The van der Waals surface area contributed by atoms with Crippen LogP contribution in [-0.2, 0) is 35.1 Å². The summed E-state index contributed by atoms with van der Waals surface area (Å²) in [7, 11) is 8.65. The van der Waals surface area contributed by atoms with Crippen molar-refractivity contribution in [2.75, 3.05) is 48.5 Å². The van der Waals surface area contributed by atoms with Crippen LogP contribution >= 0.6 is 0 Å². The fourth-order valence-corrected chi connectivity index (χ4v) is 8.26. The average Bonchev–Trinajstić information content (AvgIpc) is 3.62. The van der Waals surface area contributed by atoms with Gasteiger partial charge < -0.3 is 29.9 Å². The van der Waals surface area contributed by atoms with Crippen molar-refractivity contribution in [1.29, 1.82) is 0 Å². The molecule has 0 saturated carbocycles. The number of pyridine rings is 1. The maximum atomic E-state index is 14.2. The highest BCUT2D eigenvalue weighted by molar-refractivity contribution is 5.90. The Balaban J connectivity index is 1.73. The van der Waals surface area contributed by atoms with Gasteiger partial charge in [0.1, 0.15) is 6.04 Å². The zero-order valence-electron chi connectivity index (χ0n) is 34.9. The molecule has 0 radical (unpaired) electrons. The number of likely N-dealkylation sites (N-methyl/N-ethyl adjacent to an activating group) is 2. The van der Waals surface area contributed by atoms with Crippen molar-refractivity contribution in [3.8, 4) is 0 Å². The molecule has 0 bridgehead atoms. The Labute approximate surface area is 324 Å². The van der Waals surface area contributed by atoms with E-state index in [1.54, 1.807) is 32.4 Å². The van der Waals surface area contributed by atoms with E-state index in [1.807, 2.05) is 82.8 Å². The zero-order valence-corrected chi connectivity index (χ0v) is 34.9. The van der Waals surface area contributed by atoms with E-state index in [-0.39, 0.29) is 59.9 Å². The quantitative estimate of drug-likeness (QED) is 0.202. The van der Waals surface area contributed by atoms with Gasteiger partial charge in [-0.05, 0) is 56.1 Å². The number of hydrogen-bond donors (Lipinski definition) is 2. The number of aromatic nitrogens is 1. The summed E-state index contributed by atoms with van der Waals surface area (Å²) in [6.45, 7) is 14.8. The van der Waals surface area contributed by atoms with E-state index < -0.39 is 30.2 Å². The number of benzene rings is 1. The molecule has 1 aromatic heterocycles. The third kappa shape index (κ3) is 11.0. The molecular formula is C42H68N6O6. The number of amides is 4. The smallest absolute Gasteiger partial charge is 0.245 e. The van der Waals surface area contributed by atoms with Gasteiger partial charge in [-0.3, -0.25) is 29.1 Å². The minimum absolute atomic E-state index is 0.000655. The van der Waals surface area contributed by atoms with Crippen LogP contribution in [0, 0.1) is 23.7 Å². The number of carbonyl (C=O) groups is 4. The molecule has 1 aliphatic rings. The Morgan fingerprint density at radius 3 is 2.22 bits per heavy atom. The van der Waals surface area contributed by atoms with Crippen LogP contribution < -0.4 is 10.6 Å². The standard InChI is InChI=1S/C42H68N6O6/c1-13-28(6)38(47(10)42(52)36(26(2)3)45-41(51)37(27(4)5)46(8)9)34(53-11)25-35(49)48-24-16-19-33(48)39(54-12)29(7)40(50)44-23-21-32-31-18-15-14-17-30(31)20-22-43-32/h14-15,17-18,20,22,26-29,33-34,36-39H,13,16,19,21,23-25H2,1-12H3,(H,44,50)(H,45,51)/t28-,29+,33-,34+,36-,37-,38?,39+/m0/s1. The molecule has 3 rings (SSSR count). The second-order valence-corrected chi connectivity index (χ2v) is 16.0. The Kier molecular flexibility index (Phi) is 17.3. The molecular weight excluding hydrogens is 684 g/mol. The van der Waals surface area contributed by atoms with Gasteiger partial charge in [0.05, 0.1) is 42.7 Å². The van der Waals surface area contributed by atoms with E-state index in [1.165, 1.54) is 0 Å². The first-order valence-corrected chi connectivity index (χ1v) is 19.8. The zero-order chi connectivity index (χ0) is 40.3. The monoisotopic (exact) mass is 753 g/mol. The lowest BCUT2D eigenvalue weighted by Crippen LogP contribution is -2.59. The normalized spacial score (nSPS) is 18.6. The van der Waals surface area contributed by atoms with Gasteiger partial charge in [0.25, 0.3) is 0 Å². The van der Waals surface area contributed by atoms with Crippen molar-refractivity contribution in [3.05, 3.63) is 42.2 Å². The highest BCUT2D eigenvalue weighted by atomic mass is 16.5. The summed E-state index contributed by atoms with van der Waals surface area (Å²) < 4.78 is 12.0. The van der Waals surface area contributed by atoms with Crippen molar-refractivity contribution in [1.82, 2.24) is 30.3 Å². The van der Waals surface area contributed by atoms with E-state index in [0.29, 0.717) is 25.9 Å². The Morgan fingerprint density at radius 1 is 0.944 bits per heavy atom. The molecule has 12 nitrogen and oxygen atoms in total. The molecule has 1 fully saturated rings. The van der Waals surface area contributed by atoms with E-state index in [9.17, 15) is 19.2 Å². The van der Waals surface area contributed by atoms with Gasteiger partial charge in [-0.2, -0.15) is 0 Å². The minimum atomic E-state index is -0.746. The number of rotatable bonds is 20. The van der Waals surface area contributed by atoms with Crippen molar-refractivity contribution in [2.45, 2.75) is 117 Å². The van der Waals surface area contributed by atoms with E-state index in [2.05, 4.69) is 35.5 Å². The van der Waals surface area contributed by atoms with Gasteiger partial charge in [-0.1, -0.05) is 79.2 Å². The lowest BCUT2D eigenvalue weighted by Gasteiger charge is -2.41. The van der Waals surface area contributed by atoms with E-state index >= 15 is 0 Å². The summed E-state index contributed by atoms with van der Waals surface area (Å²) in [5.41, 5.74) is 0.932. The lowest BCUT2D eigenvalue weighted by atomic mass is 9.89. The third-order valence-corrected chi connectivity index (χ3v) is 11.4. The molecule has 1 aliphatic heterocycles. The predicted octanol–water partition coefficient (Wildman–Crippen LogP) is 4.54. The van der Waals surface area contributed by atoms with E-state index in [4.69, 9.17) is 9.47 Å². The van der Waals surface area contributed by atoms with Crippen molar-refractivity contribution >= 4 is 34.4 Å². The van der Waals surface area contributed by atoms with Gasteiger partial charge >= 0.3 is 0 Å². The third-order valence-electron chi connectivity index (χ3n) is 11.4. The Hall–Kier alpha value is -3.61. The second kappa shape index (κ2) is 20.9. The Bertz CT molecular complexity index is 1520. The number of fused-ring (bicyclic) bond motifs is 1. The first kappa shape index (κ1) is 44.8. The lowest BCUT2D eigenvalue weighted by molar-refractivity contribution is -0.148. The number of nitrogens with one attached hydrogen (secondary N) is 2. The fraction of sp³-hybridized carbons (Fsp3) is 0.690. The maximum Gasteiger partial charge on any atom is 0.245 e. The number of methoxy groups -OCH3 is 2. The van der Waals surface area contributed by atoms with Crippen LogP contribution in [0.1, 0.15) is 79.8 Å². The summed E-state index contributed by atoms with van der Waals surface area (Å²) in [6.07, 6.45) is 3.61. The summed E-state index contributed by atoms with van der Waals surface area (Å²) in [5.74, 6) is -1.25. The molecule has 0 spiro atoms. The molecule has 4 amide bonds. The molecule has 1 saturated heterocycles. The number of nitrogens with zero attached hydrogens (tertiary/aromatic N) is 4. The molecule has 8 atom stereocenters. The van der Waals surface area contributed by atoms with Gasteiger partial charge in [0.15, 0.2) is 0 Å². The summed E-state index contributed by atoms with van der Waals surface area (Å²) in [5, 5.41) is 8.31. The largest absolute Gasteiger partial charge is 0.379 e. The molecule has 12 heteroatoms. The molecule has 2 heterocycles.